The SMILES string of the molecule is CCNCCC(=O)N(C)CCCOc1ccccc1. The van der Waals surface area contributed by atoms with Gasteiger partial charge in [0, 0.05) is 26.6 Å². The highest BCUT2D eigenvalue weighted by molar-refractivity contribution is 5.76. The number of hydrogen-bond acceptors (Lipinski definition) is 3. The van der Waals surface area contributed by atoms with E-state index in [-0.39, 0.29) is 5.91 Å². The fourth-order valence-electron chi connectivity index (χ4n) is 1.70. The number of nitrogens with zero attached hydrogens (tertiary/aromatic N) is 1. The highest BCUT2D eigenvalue weighted by atomic mass is 16.5. The van der Waals surface area contributed by atoms with E-state index < -0.39 is 0 Å². The molecule has 0 aliphatic heterocycles. The molecule has 1 N–H and O–H groups in total. The van der Waals surface area contributed by atoms with Crippen LogP contribution in [0.3, 0.4) is 0 Å². The van der Waals surface area contributed by atoms with Crippen molar-refractivity contribution in [2.24, 2.45) is 0 Å². The van der Waals surface area contributed by atoms with Crippen LogP contribution in [0.2, 0.25) is 0 Å². The minimum atomic E-state index is 0.181. The molecule has 0 saturated carbocycles. The van der Waals surface area contributed by atoms with Crippen molar-refractivity contribution < 1.29 is 9.53 Å². The van der Waals surface area contributed by atoms with Gasteiger partial charge in [-0.1, -0.05) is 25.1 Å². The molecule has 4 nitrogen and oxygen atoms in total. The second kappa shape index (κ2) is 9.39. The van der Waals surface area contributed by atoms with E-state index in [2.05, 4.69) is 5.32 Å². The van der Waals surface area contributed by atoms with Crippen LogP contribution in [-0.2, 0) is 4.79 Å². The second-order valence-electron chi connectivity index (χ2n) is 4.43. The summed E-state index contributed by atoms with van der Waals surface area (Å²) in [6.07, 6.45) is 1.40. The van der Waals surface area contributed by atoms with E-state index >= 15 is 0 Å². The maximum atomic E-state index is 11.7. The lowest BCUT2D eigenvalue weighted by atomic mass is 10.3. The van der Waals surface area contributed by atoms with Gasteiger partial charge in [0.15, 0.2) is 0 Å². The maximum Gasteiger partial charge on any atom is 0.223 e. The zero-order valence-corrected chi connectivity index (χ0v) is 11.9. The molecule has 0 aromatic heterocycles. The lowest BCUT2D eigenvalue weighted by molar-refractivity contribution is -0.129. The van der Waals surface area contributed by atoms with Crippen LogP contribution in [0.1, 0.15) is 19.8 Å². The average molecular weight is 264 g/mol. The average Bonchev–Trinajstić information content (AvgIpc) is 2.44. The van der Waals surface area contributed by atoms with Gasteiger partial charge in [-0.3, -0.25) is 4.79 Å². The zero-order valence-electron chi connectivity index (χ0n) is 11.9. The molecule has 19 heavy (non-hydrogen) atoms. The lowest BCUT2D eigenvalue weighted by Gasteiger charge is -2.17. The number of carbonyl (C=O) groups is 1. The first-order chi connectivity index (χ1) is 9.24. The smallest absolute Gasteiger partial charge is 0.223 e. The second-order valence-corrected chi connectivity index (χ2v) is 4.43. The summed E-state index contributed by atoms with van der Waals surface area (Å²) >= 11 is 0. The molecule has 0 bridgehead atoms. The summed E-state index contributed by atoms with van der Waals surface area (Å²) in [5.74, 6) is 1.06. The number of benzene rings is 1. The summed E-state index contributed by atoms with van der Waals surface area (Å²) in [6.45, 7) is 5.06. The molecule has 0 spiro atoms. The third-order valence-corrected chi connectivity index (χ3v) is 2.84. The summed E-state index contributed by atoms with van der Waals surface area (Å²) in [6, 6.07) is 9.73. The number of hydrogen-bond donors (Lipinski definition) is 1. The molecule has 4 heteroatoms. The standard InChI is InChI=1S/C15H24N2O2/c1-3-16-11-10-15(18)17(2)12-7-13-19-14-8-5-4-6-9-14/h4-6,8-9,16H,3,7,10-13H2,1-2H3. The van der Waals surface area contributed by atoms with Gasteiger partial charge in [-0.15, -0.1) is 0 Å². The highest BCUT2D eigenvalue weighted by Crippen LogP contribution is 2.08. The summed E-state index contributed by atoms with van der Waals surface area (Å²) in [5.41, 5.74) is 0. The zero-order chi connectivity index (χ0) is 13.9. The van der Waals surface area contributed by atoms with E-state index in [1.165, 1.54) is 0 Å². The Bertz CT molecular complexity index is 354. The van der Waals surface area contributed by atoms with E-state index in [1.54, 1.807) is 4.90 Å². The Kier molecular flexibility index (Phi) is 7.66. The van der Waals surface area contributed by atoms with Gasteiger partial charge in [0.1, 0.15) is 5.75 Å². The highest BCUT2D eigenvalue weighted by Gasteiger charge is 2.07. The van der Waals surface area contributed by atoms with Crippen molar-refractivity contribution in [1.82, 2.24) is 10.2 Å². The van der Waals surface area contributed by atoms with Crippen LogP contribution in [0.4, 0.5) is 0 Å². The van der Waals surface area contributed by atoms with E-state index in [0.29, 0.717) is 13.0 Å². The van der Waals surface area contributed by atoms with Crippen molar-refractivity contribution in [3.8, 4) is 5.75 Å². The topological polar surface area (TPSA) is 41.6 Å². The largest absolute Gasteiger partial charge is 0.494 e. The van der Waals surface area contributed by atoms with Crippen molar-refractivity contribution in [2.75, 3.05) is 33.3 Å². The van der Waals surface area contributed by atoms with Gasteiger partial charge in [-0.05, 0) is 25.1 Å². The van der Waals surface area contributed by atoms with Gasteiger partial charge >= 0.3 is 0 Å². The molecule has 0 unspecified atom stereocenters. The number of ether oxygens (including phenoxy) is 1. The first-order valence-corrected chi connectivity index (χ1v) is 6.86. The van der Waals surface area contributed by atoms with Crippen molar-refractivity contribution >= 4 is 5.91 Å². The minimum absolute atomic E-state index is 0.181. The molecular weight excluding hydrogens is 240 g/mol. The monoisotopic (exact) mass is 264 g/mol. The van der Waals surface area contributed by atoms with Crippen LogP contribution in [0.15, 0.2) is 30.3 Å². The number of amides is 1. The predicted molar refractivity (Wildman–Crippen MR) is 77.4 cm³/mol. The molecule has 0 heterocycles. The Labute approximate surface area is 115 Å². The third-order valence-electron chi connectivity index (χ3n) is 2.84. The van der Waals surface area contributed by atoms with Gasteiger partial charge in [0.05, 0.1) is 6.61 Å². The fourth-order valence-corrected chi connectivity index (χ4v) is 1.70. The quantitative estimate of drug-likeness (QED) is 0.693. The van der Waals surface area contributed by atoms with Gasteiger partial charge in [-0.2, -0.15) is 0 Å². The molecule has 0 aliphatic carbocycles. The van der Waals surface area contributed by atoms with Crippen molar-refractivity contribution in [3.05, 3.63) is 30.3 Å². The minimum Gasteiger partial charge on any atom is -0.494 e. The molecule has 1 aromatic carbocycles. The summed E-state index contributed by atoms with van der Waals surface area (Å²) < 4.78 is 5.58. The van der Waals surface area contributed by atoms with Gasteiger partial charge in [-0.25, -0.2) is 0 Å². The van der Waals surface area contributed by atoms with Crippen LogP contribution in [-0.4, -0.2) is 44.1 Å². The molecule has 0 saturated heterocycles. The lowest BCUT2D eigenvalue weighted by Crippen LogP contribution is -2.31. The molecule has 0 radical (unpaired) electrons. The van der Waals surface area contributed by atoms with Crippen LogP contribution in [0.25, 0.3) is 0 Å². The number of rotatable bonds is 9. The van der Waals surface area contributed by atoms with Crippen LogP contribution in [0.5, 0.6) is 5.75 Å². The molecule has 1 amide bonds. The van der Waals surface area contributed by atoms with E-state index in [0.717, 1.165) is 31.8 Å². The molecule has 1 rings (SSSR count). The summed E-state index contributed by atoms with van der Waals surface area (Å²) in [5, 5.41) is 3.15. The normalized spacial score (nSPS) is 10.2. The fraction of sp³-hybridized carbons (Fsp3) is 0.533. The Hall–Kier alpha value is -1.55. The van der Waals surface area contributed by atoms with E-state index in [9.17, 15) is 4.79 Å². The predicted octanol–water partition coefficient (Wildman–Crippen LogP) is 1.91. The van der Waals surface area contributed by atoms with Gasteiger partial charge in [0.2, 0.25) is 5.91 Å². The van der Waals surface area contributed by atoms with Crippen molar-refractivity contribution in [2.45, 2.75) is 19.8 Å². The molecule has 0 atom stereocenters. The Morgan fingerprint density at radius 1 is 1.32 bits per heavy atom. The Morgan fingerprint density at radius 3 is 2.74 bits per heavy atom. The summed E-state index contributed by atoms with van der Waals surface area (Å²) in [7, 11) is 1.84. The molecule has 1 aromatic rings. The van der Waals surface area contributed by atoms with Gasteiger partial charge in [0.25, 0.3) is 0 Å². The number of para-hydroxylation sites is 1. The summed E-state index contributed by atoms with van der Waals surface area (Å²) in [4.78, 5) is 13.5. The number of nitrogens with one attached hydrogen (secondary N) is 1. The maximum absolute atomic E-state index is 11.7. The molecule has 106 valence electrons. The number of carbonyl (C=O) groups excluding carboxylic acids is 1. The Balaban J connectivity index is 2.09. The van der Waals surface area contributed by atoms with Crippen LogP contribution >= 0.6 is 0 Å². The van der Waals surface area contributed by atoms with Crippen molar-refractivity contribution in [1.29, 1.82) is 0 Å². The molecular formula is C15H24N2O2. The van der Waals surface area contributed by atoms with E-state index in [1.807, 2.05) is 44.3 Å². The Morgan fingerprint density at radius 2 is 2.05 bits per heavy atom. The molecule has 0 aliphatic rings. The van der Waals surface area contributed by atoms with Gasteiger partial charge < -0.3 is 15.0 Å². The van der Waals surface area contributed by atoms with Crippen LogP contribution < -0.4 is 10.1 Å². The molecule has 0 fully saturated rings. The van der Waals surface area contributed by atoms with Crippen molar-refractivity contribution in [3.63, 3.8) is 0 Å². The van der Waals surface area contributed by atoms with Crippen LogP contribution in [0, 0.1) is 0 Å². The third kappa shape index (κ3) is 6.82. The van der Waals surface area contributed by atoms with E-state index in [4.69, 9.17) is 4.74 Å². The first-order valence-electron chi connectivity index (χ1n) is 6.86. The first kappa shape index (κ1) is 15.5.